The van der Waals surface area contributed by atoms with Crippen LogP contribution in [-0.4, -0.2) is 94.3 Å². The van der Waals surface area contributed by atoms with Crippen LogP contribution in [0.3, 0.4) is 0 Å². The first-order valence-electron chi connectivity index (χ1n) is 25.2. The summed E-state index contributed by atoms with van der Waals surface area (Å²) in [7, 11) is -2.17. The first-order valence-corrected chi connectivity index (χ1v) is 27.0. The van der Waals surface area contributed by atoms with Crippen molar-refractivity contribution in [3.63, 3.8) is 0 Å². The van der Waals surface area contributed by atoms with Crippen molar-refractivity contribution in [3.8, 4) is 23.2 Å². The number of aromatic nitrogens is 4. The molecule has 2 aliphatic heterocycles. The van der Waals surface area contributed by atoms with Gasteiger partial charge >= 0.3 is 18.2 Å². The minimum Gasteiger partial charge on any atom is -0.458 e. The van der Waals surface area contributed by atoms with Gasteiger partial charge in [-0.05, 0) is 91.5 Å². The number of alkyl carbamates (subject to hydrolysis) is 2. The van der Waals surface area contributed by atoms with Crippen LogP contribution in [0.5, 0.6) is 0 Å². The summed E-state index contributed by atoms with van der Waals surface area (Å²) in [6.45, 7) is 7.30. The Morgan fingerprint density at radius 1 is 0.974 bits per heavy atom. The number of sulfone groups is 1. The van der Waals surface area contributed by atoms with Crippen molar-refractivity contribution in [1.29, 1.82) is 0 Å². The monoisotopic (exact) mass is 1090 g/mol. The Morgan fingerprint density at radius 2 is 1.69 bits per heavy atom. The zero-order chi connectivity index (χ0) is 56.4. The molecule has 5 aromatic rings. The highest BCUT2D eigenvalue weighted by atomic mass is 32.2. The number of halogens is 1. The lowest BCUT2D eigenvalue weighted by Gasteiger charge is -2.31. The number of anilines is 1. The molecule has 0 saturated heterocycles. The largest absolute Gasteiger partial charge is 0.458 e. The number of fused-ring (bicyclic) bond motifs is 5. The molecule has 0 unspecified atom stereocenters. The molecule has 0 saturated carbocycles. The molecule has 24 heteroatoms. The summed E-state index contributed by atoms with van der Waals surface area (Å²) in [5, 5.41) is 25.2. The summed E-state index contributed by atoms with van der Waals surface area (Å²) in [4.78, 5) is 105. The number of aliphatic hydroxyl groups is 1. The van der Waals surface area contributed by atoms with Crippen molar-refractivity contribution in [2.24, 2.45) is 5.92 Å². The van der Waals surface area contributed by atoms with E-state index in [2.05, 4.69) is 48.4 Å². The fourth-order valence-electron chi connectivity index (χ4n) is 9.69. The SMILES string of the molecule is CC[C@@]1(O)C(=O)OCc2c1cc1n(c2=O)Cc2c-1nc1cc(F)c(C)c3c1c2[C@@H](NC(=O)OCc1ccc(NC(=O)[C@H](C)NC(=O)[C@@H](NC(=O)CCCC#Cc2cnc(S(C)(=O)=O)nc2)C(C)C)cc1COC(=O)NC)CC3. The van der Waals surface area contributed by atoms with Crippen molar-refractivity contribution >= 4 is 62.3 Å². The zero-order valence-corrected chi connectivity index (χ0v) is 44.7. The molecule has 0 spiro atoms. The van der Waals surface area contributed by atoms with E-state index in [1.54, 1.807) is 39.8 Å². The number of nitrogens with zero attached hydrogens (tertiary/aromatic N) is 4. The molecule has 6 N–H and O–H groups in total. The summed E-state index contributed by atoms with van der Waals surface area (Å²) in [6.07, 6.45) is 3.37. The molecule has 78 heavy (non-hydrogen) atoms. The van der Waals surface area contributed by atoms with Gasteiger partial charge in [0.2, 0.25) is 32.7 Å². The van der Waals surface area contributed by atoms with E-state index >= 15 is 4.39 Å². The lowest BCUT2D eigenvalue weighted by molar-refractivity contribution is -0.172. The Hall–Kier alpha value is -8.30. The number of ether oxygens (including phenoxy) is 3. The Balaban J connectivity index is 0.923. The van der Waals surface area contributed by atoms with Crippen LogP contribution in [0.2, 0.25) is 0 Å². The van der Waals surface area contributed by atoms with Gasteiger partial charge in [0, 0.05) is 66.8 Å². The molecule has 5 heterocycles. The van der Waals surface area contributed by atoms with Crippen LogP contribution in [0.25, 0.3) is 22.3 Å². The van der Waals surface area contributed by atoms with E-state index in [0.717, 1.165) is 6.26 Å². The smallest absolute Gasteiger partial charge is 0.407 e. The van der Waals surface area contributed by atoms with Gasteiger partial charge in [-0.3, -0.25) is 19.2 Å². The van der Waals surface area contributed by atoms with Gasteiger partial charge in [0.1, 0.15) is 37.7 Å². The molecule has 0 fully saturated rings. The number of amides is 5. The van der Waals surface area contributed by atoms with Crippen LogP contribution in [-0.2, 0) is 81.6 Å². The highest BCUT2D eigenvalue weighted by Crippen LogP contribution is 2.46. The van der Waals surface area contributed by atoms with E-state index in [4.69, 9.17) is 19.2 Å². The lowest BCUT2D eigenvalue weighted by atomic mass is 9.81. The quantitative estimate of drug-likeness (QED) is 0.0259. The van der Waals surface area contributed by atoms with Crippen molar-refractivity contribution < 1.29 is 60.9 Å². The number of hydrogen-bond donors (Lipinski definition) is 6. The molecular formula is C54H58FN9O13S. The number of nitrogens with one attached hydrogen (secondary N) is 5. The predicted molar refractivity (Wildman–Crippen MR) is 278 cm³/mol. The normalized spacial score (nSPS) is 16.7. The number of aryl methyl sites for hydroxylation is 1. The van der Waals surface area contributed by atoms with Gasteiger partial charge in [-0.25, -0.2) is 42.1 Å². The maximum atomic E-state index is 15.5. The molecule has 5 amide bonds. The third kappa shape index (κ3) is 11.5. The second kappa shape index (κ2) is 22.7. The van der Waals surface area contributed by atoms with Crippen molar-refractivity contribution in [1.82, 2.24) is 40.8 Å². The summed E-state index contributed by atoms with van der Waals surface area (Å²) < 4.78 is 56.5. The molecule has 8 rings (SSSR count). The van der Waals surface area contributed by atoms with Crippen LogP contribution in [0, 0.1) is 30.5 Å². The van der Waals surface area contributed by atoms with Gasteiger partial charge in [0.25, 0.3) is 5.56 Å². The van der Waals surface area contributed by atoms with E-state index in [-0.39, 0.29) is 67.1 Å². The van der Waals surface area contributed by atoms with Gasteiger partial charge in [-0.2, -0.15) is 0 Å². The number of hydrogen-bond acceptors (Lipinski definition) is 16. The number of unbranched alkanes of at least 4 members (excludes halogenated alkanes) is 1. The van der Waals surface area contributed by atoms with Gasteiger partial charge in [0.05, 0.1) is 40.6 Å². The first kappa shape index (κ1) is 55.9. The predicted octanol–water partition coefficient (Wildman–Crippen LogP) is 4.30. The summed E-state index contributed by atoms with van der Waals surface area (Å²) in [5.41, 5.74) is 2.43. The molecule has 4 atom stereocenters. The van der Waals surface area contributed by atoms with Crippen LogP contribution in [0.1, 0.15) is 116 Å². The fraction of sp³-hybridized carbons (Fsp3) is 0.407. The number of carbonyl (C=O) groups excluding carboxylic acids is 6. The van der Waals surface area contributed by atoms with Crippen molar-refractivity contribution in [2.75, 3.05) is 18.6 Å². The fourth-order valence-corrected chi connectivity index (χ4v) is 10.2. The van der Waals surface area contributed by atoms with E-state index in [9.17, 15) is 47.1 Å². The summed E-state index contributed by atoms with van der Waals surface area (Å²) >= 11 is 0. The van der Waals surface area contributed by atoms with Gasteiger partial charge in [-0.15, -0.1) is 0 Å². The molecule has 410 valence electrons. The maximum absolute atomic E-state index is 15.5. The number of rotatable bonds is 16. The second-order valence-electron chi connectivity index (χ2n) is 19.6. The highest BCUT2D eigenvalue weighted by molar-refractivity contribution is 7.90. The molecule has 3 aromatic heterocycles. The van der Waals surface area contributed by atoms with Crippen LogP contribution >= 0.6 is 0 Å². The minimum absolute atomic E-state index is 0.0313. The van der Waals surface area contributed by atoms with E-state index in [1.165, 1.54) is 49.1 Å². The van der Waals surface area contributed by atoms with E-state index in [1.807, 2.05) is 0 Å². The first-order chi connectivity index (χ1) is 37.0. The molecular weight excluding hydrogens is 1030 g/mol. The topological polar surface area (TPSA) is 305 Å². The average Bonchev–Trinajstić information content (AvgIpc) is 3.81. The molecule has 0 radical (unpaired) electrons. The number of benzene rings is 2. The van der Waals surface area contributed by atoms with Crippen LogP contribution in [0.4, 0.5) is 19.7 Å². The van der Waals surface area contributed by atoms with Gasteiger partial charge in [-0.1, -0.05) is 38.7 Å². The average molecular weight is 1090 g/mol. The van der Waals surface area contributed by atoms with Gasteiger partial charge < -0.3 is 50.5 Å². The Labute approximate surface area is 447 Å². The van der Waals surface area contributed by atoms with Crippen molar-refractivity contribution in [3.05, 3.63) is 109 Å². The summed E-state index contributed by atoms with van der Waals surface area (Å²) in [6, 6.07) is 4.73. The van der Waals surface area contributed by atoms with E-state index < -0.39 is 80.8 Å². The second-order valence-corrected chi connectivity index (χ2v) is 21.5. The number of esters is 1. The number of pyridine rings is 2. The number of cyclic esters (lactones) is 1. The third-order valence-electron chi connectivity index (χ3n) is 14.0. The lowest BCUT2D eigenvalue weighted by Crippen LogP contribution is -2.53. The third-order valence-corrected chi connectivity index (χ3v) is 14.9. The molecule has 1 aliphatic carbocycles. The maximum Gasteiger partial charge on any atom is 0.407 e. The molecule has 3 aliphatic rings. The Bertz CT molecular complexity index is 3540. The summed E-state index contributed by atoms with van der Waals surface area (Å²) in [5.74, 6) is 2.38. The van der Waals surface area contributed by atoms with Crippen molar-refractivity contribution in [2.45, 2.75) is 128 Å². The van der Waals surface area contributed by atoms with Crippen LogP contribution < -0.4 is 32.1 Å². The number of carbonyl (C=O) groups is 6. The Morgan fingerprint density at radius 3 is 2.38 bits per heavy atom. The minimum atomic E-state index is -3.55. The van der Waals surface area contributed by atoms with Gasteiger partial charge in [0.15, 0.2) is 5.60 Å². The molecule has 2 aromatic carbocycles. The Kier molecular flexibility index (Phi) is 16.3. The molecule has 22 nitrogen and oxygen atoms in total. The molecule has 0 bridgehead atoms. The zero-order valence-electron chi connectivity index (χ0n) is 43.8. The van der Waals surface area contributed by atoms with E-state index in [0.29, 0.717) is 86.9 Å². The standard InChI is InChI=1S/C54H58FN9O13S/c1-8-54(72)37-19-41-46-35(23-64(41)49(68)36(37)26-75-50(54)69)44-39(17-16-34-28(4)38(55)20-40(61-46)43(34)44)62-53(71)77-24-31-14-15-33(18-32(31)25-76-52(70)56-6)60-47(66)29(5)59-48(67)45(27(2)3)63-42(65)13-11-9-10-12-30-21-57-51(58-22-30)78(7,73)74/h14-15,18-22,27,29,39,45,72H,8-9,11,13,16-17,23-26H2,1-7H3,(H,56,70)(H,59,67)(H,60,66)(H,62,71)(H,63,65)/t29-,39-,45-,54-/m0/s1. The highest BCUT2D eigenvalue weighted by Gasteiger charge is 2.46. The van der Waals surface area contributed by atoms with Crippen LogP contribution in [0.15, 0.2) is 52.7 Å².